The van der Waals surface area contributed by atoms with Gasteiger partial charge in [0, 0.05) is 6.42 Å². The van der Waals surface area contributed by atoms with Crippen LogP contribution in [-0.2, 0) is 13.5 Å². The van der Waals surface area contributed by atoms with Crippen molar-refractivity contribution in [3.63, 3.8) is 0 Å². The van der Waals surface area contributed by atoms with Crippen LogP contribution in [0.4, 0.5) is 0 Å². The summed E-state index contributed by atoms with van der Waals surface area (Å²) in [6.07, 6.45) is 6.29. The SMILES string of the molecule is Cn1nnc(CC(O)CC2CCCC2)n1. The quantitative estimate of drug-likeness (QED) is 0.794. The van der Waals surface area contributed by atoms with Crippen LogP contribution in [0.25, 0.3) is 0 Å². The number of rotatable bonds is 4. The van der Waals surface area contributed by atoms with Crippen LogP contribution in [0.1, 0.15) is 37.9 Å². The number of aryl methyl sites for hydroxylation is 1. The Morgan fingerprint density at radius 2 is 2.20 bits per heavy atom. The predicted octanol–water partition coefficient (Wildman–Crippen LogP) is 0.694. The van der Waals surface area contributed by atoms with Gasteiger partial charge >= 0.3 is 0 Å². The van der Waals surface area contributed by atoms with Crippen molar-refractivity contribution in [1.29, 1.82) is 0 Å². The standard InChI is InChI=1S/C10H18N4O/c1-14-12-10(11-13-14)7-9(15)6-8-4-2-3-5-8/h8-9,15H,2-7H2,1H3. The van der Waals surface area contributed by atoms with E-state index in [0.717, 1.165) is 6.42 Å². The smallest absolute Gasteiger partial charge is 0.177 e. The molecular formula is C10H18N4O. The Morgan fingerprint density at radius 1 is 1.47 bits per heavy atom. The minimum atomic E-state index is -0.308. The lowest BCUT2D eigenvalue weighted by Crippen LogP contribution is -2.15. The van der Waals surface area contributed by atoms with Gasteiger partial charge in [-0.25, -0.2) is 0 Å². The lowest BCUT2D eigenvalue weighted by atomic mass is 9.98. The van der Waals surface area contributed by atoms with Crippen molar-refractivity contribution in [2.75, 3.05) is 0 Å². The minimum absolute atomic E-state index is 0.308. The van der Waals surface area contributed by atoms with Gasteiger partial charge in [0.25, 0.3) is 0 Å². The zero-order chi connectivity index (χ0) is 10.7. The third kappa shape index (κ3) is 2.99. The molecule has 1 N–H and O–H groups in total. The molecule has 2 rings (SSSR count). The van der Waals surface area contributed by atoms with Crippen LogP contribution in [0.5, 0.6) is 0 Å². The second-order valence-corrected chi connectivity index (χ2v) is 4.44. The number of aliphatic hydroxyl groups excluding tert-OH is 1. The number of aromatic nitrogens is 4. The van der Waals surface area contributed by atoms with Crippen LogP contribution in [0, 0.1) is 5.92 Å². The maximum Gasteiger partial charge on any atom is 0.177 e. The van der Waals surface area contributed by atoms with Gasteiger partial charge in [-0.3, -0.25) is 0 Å². The van der Waals surface area contributed by atoms with Crippen molar-refractivity contribution in [2.45, 2.75) is 44.6 Å². The second kappa shape index (κ2) is 4.70. The summed E-state index contributed by atoms with van der Waals surface area (Å²) in [5, 5.41) is 21.5. The summed E-state index contributed by atoms with van der Waals surface area (Å²) in [5.41, 5.74) is 0. The van der Waals surface area contributed by atoms with Gasteiger partial charge in [-0.1, -0.05) is 25.7 Å². The highest BCUT2D eigenvalue weighted by molar-refractivity contribution is 4.82. The van der Waals surface area contributed by atoms with Crippen molar-refractivity contribution in [3.05, 3.63) is 5.82 Å². The molecule has 1 unspecified atom stereocenters. The monoisotopic (exact) mass is 210 g/mol. The number of nitrogens with zero attached hydrogens (tertiary/aromatic N) is 4. The van der Waals surface area contributed by atoms with Gasteiger partial charge in [-0.2, -0.15) is 4.80 Å². The minimum Gasteiger partial charge on any atom is -0.393 e. The summed E-state index contributed by atoms with van der Waals surface area (Å²) in [6, 6.07) is 0. The fraction of sp³-hybridized carbons (Fsp3) is 0.900. The molecule has 5 heteroatoms. The summed E-state index contributed by atoms with van der Waals surface area (Å²) in [5.74, 6) is 1.35. The molecule has 0 radical (unpaired) electrons. The fourth-order valence-electron chi connectivity index (χ4n) is 2.33. The maximum atomic E-state index is 9.86. The maximum absolute atomic E-state index is 9.86. The highest BCUT2D eigenvalue weighted by Gasteiger charge is 2.19. The molecule has 1 aromatic heterocycles. The molecule has 0 saturated heterocycles. The zero-order valence-corrected chi connectivity index (χ0v) is 9.13. The van der Waals surface area contributed by atoms with Gasteiger partial charge in [0.05, 0.1) is 13.2 Å². The van der Waals surface area contributed by atoms with Crippen molar-refractivity contribution in [3.8, 4) is 0 Å². The molecule has 5 nitrogen and oxygen atoms in total. The largest absolute Gasteiger partial charge is 0.393 e. The van der Waals surface area contributed by atoms with Crippen LogP contribution in [0.3, 0.4) is 0 Å². The van der Waals surface area contributed by atoms with Crippen molar-refractivity contribution in [1.82, 2.24) is 20.2 Å². The van der Waals surface area contributed by atoms with Gasteiger partial charge in [-0.15, -0.1) is 10.2 Å². The first-order valence-corrected chi connectivity index (χ1v) is 5.65. The molecule has 0 aliphatic heterocycles. The molecule has 1 atom stereocenters. The molecule has 0 spiro atoms. The third-order valence-electron chi connectivity index (χ3n) is 3.05. The highest BCUT2D eigenvalue weighted by Crippen LogP contribution is 2.28. The fourth-order valence-corrected chi connectivity index (χ4v) is 2.33. The lowest BCUT2D eigenvalue weighted by molar-refractivity contribution is 0.141. The number of hydrogen-bond acceptors (Lipinski definition) is 4. The van der Waals surface area contributed by atoms with E-state index in [1.807, 2.05) is 0 Å². The Morgan fingerprint density at radius 3 is 2.80 bits per heavy atom. The van der Waals surface area contributed by atoms with E-state index in [1.54, 1.807) is 7.05 Å². The van der Waals surface area contributed by atoms with Gasteiger partial charge in [-0.05, 0) is 17.6 Å². The topological polar surface area (TPSA) is 63.8 Å². The van der Waals surface area contributed by atoms with Gasteiger partial charge in [0.2, 0.25) is 0 Å². The first kappa shape index (κ1) is 10.5. The highest BCUT2D eigenvalue weighted by atomic mass is 16.3. The van der Waals surface area contributed by atoms with Gasteiger partial charge in [0.1, 0.15) is 0 Å². The third-order valence-corrected chi connectivity index (χ3v) is 3.05. The van der Waals surface area contributed by atoms with Crippen LogP contribution in [0.15, 0.2) is 0 Å². The summed E-state index contributed by atoms with van der Waals surface area (Å²) in [6.45, 7) is 0. The molecule has 0 bridgehead atoms. The average Bonchev–Trinajstić information content (AvgIpc) is 2.77. The first-order chi connectivity index (χ1) is 7.24. The molecule has 1 aliphatic carbocycles. The number of aliphatic hydroxyl groups is 1. The van der Waals surface area contributed by atoms with E-state index in [2.05, 4.69) is 15.4 Å². The van der Waals surface area contributed by atoms with Crippen molar-refractivity contribution >= 4 is 0 Å². The number of hydrogen-bond donors (Lipinski definition) is 1. The van der Waals surface area contributed by atoms with E-state index >= 15 is 0 Å². The first-order valence-electron chi connectivity index (χ1n) is 5.65. The molecule has 1 fully saturated rings. The molecule has 0 amide bonds. The molecule has 84 valence electrons. The van der Waals surface area contributed by atoms with E-state index in [1.165, 1.54) is 30.5 Å². The number of tetrazole rings is 1. The van der Waals surface area contributed by atoms with E-state index in [4.69, 9.17) is 0 Å². The summed E-state index contributed by atoms with van der Waals surface area (Å²) >= 11 is 0. The van der Waals surface area contributed by atoms with Crippen molar-refractivity contribution in [2.24, 2.45) is 13.0 Å². The Kier molecular flexibility index (Phi) is 3.30. The summed E-state index contributed by atoms with van der Waals surface area (Å²) < 4.78 is 0. The Bertz CT molecular complexity index is 306. The van der Waals surface area contributed by atoms with Crippen LogP contribution >= 0.6 is 0 Å². The second-order valence-electron chi connectivity index (χ2n) is 4.44. The normalized spacial score (nSPS) is 19.6. The van der Waals surface area contributed by atoms with E-state index < -0.39 is 0 Å². The van der Waals surface area contributed by atoms with E-state index in [-0.39, 0.29) is 6.10 Å². The molecule has 15 heavy (non-hydrogen) atoms. The van der Waals surface area contributed by atoms with E-state index in [0.29, 0.717) is 18.2 Å². The van der Waals surface area contributed by atoms with Crippen LogP contribution < -0.4 is 0 Å². The molecule has 1 saturated carbocycles. The average molecular weight is 210 g/mol. The van der Waals surface area contributed by atoms with Gasteiger partial charge < -0.3 is 5.11 Å². The molecule has 1 aromatic rings. The summed E-state index contributed by atoms with van der Waals surface area (Å²) in [7, 11) is 1.74. The van der Waals surface area contributed by atoms with Crippen LogP contribution in [0.2, 0.25) is 0 Å². The van der Waals surface area contributed by atoms with Crippen LogP contribution in [-0.4, -0.2) is 31.4 Å². The predicted molar refractivity (Wildman–Crippen MR) is 55.1 cm³/mol. The molecule has 0 aromatic carbocycles. The lowest BCUT2D eigenvalue weighted by Gasteiger charge is -2.13. The summed E-state index contributed by atoms with van der Waals surface area (Å²) in [4.78, 5) is 1.43. The molecule has 1 aliphatic rings. The zero-order valence-electron chi connectivity index (χ0n) is 9.13. The Hall–Kier alpha value is -0.970. The Labute approximate surface area is 89.5 Å². The Balaban J connectivity index is 1.78. The van der Waals surface area contributed by atoms with Gasteiger partial charge in [0.15, 0.2) is 5.82 Å². The molecule has 1 heterocycles. The molecular weight excluding hydrogens is 192 g/mol. The van der Waals surface area contributed by atoms with Crippen molar-refractivity contribution < 1.29 is 5.11 Å². The van der Waals surface area contributed by atoms with E-state index in [9.17, 15) is 5.11 Å².